The van der Waals surface area contributed by atoms with Gasteiger partial charge < -0.3 is 5.32 Å². The normalized spacial score (nSPS) is 17.5. The standard InChI is InChI=1S/C29H18Cl3F8NO3/c1-11-4-15(41-27(44)24-23(28(24,31)32)12-2-3-18(33)17(6-12)29(38,39)40)9-16(25(11)30)21(42)7-13-5-14(8-22(43)26(36)37)20(35)10-19(13)34/h2-6,9-10,23-24,26H,7-8H2,1H3,(H,41,44)/t23-,24+/m0/s1. The molecule has 0 bridgehead atoms. The minimum atomic E-state index is -5.01. The number of ketones is 2. The smallest absolute Gasteiger partial charge is 0.326 e. The van der Waals surface area contributed by atoms with Crippen molar-refractivity contribution in [3.05, 3.63) is 98.3 Å². The van der Waals surface area contributed by atoms with Gasteiger partial charge in [0.1, 0.15) is 21.8 Å². The van der Waals surface area contributed by atoms with Gasteiger partial charge in [-0.15, -0.1) is 23.2 Å². The lowest BCUT2D eigenvalue weighted by Gasteiger charge is -2.13. The minimum Gasteiger partial charge on any atom is -0.326 e. The maximum atomic E-state index is 14.5. The third-order valence-corrected chi connectivity index (χ3v) is 8.43. The van der Waals surface area contributed by atoms with E-state index in [0.29, 0.717) is 18.2 Å². The van der Waals surface area contributed by atoms with E-state index >= 15 is 0 Å². The zero-order chi connectivity index (χ0) is 32.9. The van der Waals surface area contributed by atoms with E-state index < -0.39 is 93.2 Å². The number of alkyl halides is 7. The second-order valence-corrected chi connectivity index (χ2v) is 11.9. The summed E-state index contributed by atoms with van der Waals surface area (Å²) in [6.07, 6.45) is -10.2. The highest BCUT2D eigenvalue weighted by atomic mass is 35.5. The molecule has 1 fully saturated rings. The van der Waals surface area contributed by atoms with E-state index in [1.807, 2.05) is 0 Å². The molecule has 234 valence electrons. The molecule has 1 aliphatic rings. The quantitative estimate of drug-likeness (QED) is 0.140. The van der Waals surface area contributed by atoms with Crippen molar-refractivity contribution in [2.75, 3.05) is 5.32 Å². The van der Waals surface area contributed by atoms with Crippen LogP contribution in [0, 0.1) is 30.3 Å². The molecule has 44 heavy (non-hydrogen) atoms. The van der Waals surface area contributed by atoms with Gasteiger partial charge in [-0.3, -0.25) is 14.4 Å². The molecule has 2 atom stereocenters. The van der Waals surface area contributed by atoms with Crippen molar-refractivity contribution in [2.45, 2.75) is 42.6 Å². The molecule has 1 amide bonds. The van der Waals surface area contributed by atoms with Crippen LogP contribution in [0.1, 0.15) is 44.1 Å². The van der Waals surface area contributed by atoms with Crippen molar-refractivity contribution in [2.24, 2.45) is 5.92 Å². The minimum absolute atomic E-state index is 0.0204. The summed E-state index contributed by atoms with van der Waals surface area (Å²) in [5.74, 6) is -9.67. The van der Waals surface area contributed by atoms with E-state index in [9.17, 15) is 49.5 Å². The molecule has 3 aromatic rings. The molecule has 0 heterocycles. The van der Waals surface area contributed by atoms with Crippen LogP contribution in [0.5, 0.6) is 0 Å². The SMILES string of the molecule is Cc1cc(NC(=O)[C@H]2[C@H](c3ccc(F)c(C(F)(F)F)c3)C2(Cl)Cl)cc(C(=O)Cc2cc(CC(=O)C(F)F)c(F)cc2F)c1Cl. The van der Waals surface area contributed by atoms with Crippen LogP contribution in [0.4, 0.5) is 40.8 Å². The lowest BCUT2D eigenvalue weighted by atomic mass is 9.97. The van der Waals surface area contributed by atoms with Gasteiger partial charge in [0.2, 0.25) is 11.7 Å². The first-order valence-electron chi connectivity index (χ1n) is 12.5. The fourth-order valence-electron chi connectivity index (χ4n) is 4.73. The van der Waals surface area contributed by atoms with Crippen LogP contribution in [0.2, 0.25) is 5.02 Å². The number of nitrogens with one attached hydrogen (secondary N) is 1. The average molecular weight is 687 g/mol. The number of benzene rings is 3. The lowest BCUT2D eigenvalue weighted by molar-refractivity contribution is -0.140. The molecule has 1 N–H and O–H groups in total. The van der Waals surface area contributed by atoms with Gasteiger partial charge in [-0.05, 0) is 59.5 Å². The van der Waals surface area contributed by atoms with Gasteiger partial charge in [-0.25, -0.2) is 22.0 Å². The third kappa shape index (κ3) is 6.87. The summed E-state index contributed by atoms with van der Waals surface area (Å²) >= 11 is 18.7. The first-order valence-corrected chi connectivity index (χ1v) is 13.6. The monoisotopic (exact) mass is 685 g/mol. The topological polar surface area (TPSA) is 63.2 Å². The van der Waals surface area contributed by atoms with Gasteiger partial charge >= 0.3 is 6.18 Å². The molecule has 0 unspecified atom stereocenters. The Kier molecular flexibility index (Phi) is 9.40. The van der Waals surface area contributed by atoms with Crippen molar-refractivity contribution >= 4 is 58.0 Å². The highest BCUT2D eigenvalue weighted by molar-refractivity contribution is 6.53. The van der Waals surface area contributed by atoms with Gasteiger partial charge in [0.25, 0.3) is 6.43 Å². The highest BCUT2D eigenvalue weighted by Crippen LogP contribution is 2.65. The van der Waals surface area contributed by atoms with Crippen LogP contribution in [0.15, 0.2) is 42.5 Å². The summed E-state index contributed by atoms with van der Waals surface area (Å²) in [6, 6.07) is 5.73. The number of rotatable bonds is 9. The number of Topliss-reactive ketones (excluding diaryl/α,β-unsaturated/α-hetero) is 2. The Hall–Kier alpha value is -3.22. The highest BCUT2D eigenvalue weighted by Gasteiger charge is 2.67. The summed E-state index contributed by atoms with van der Waals surface area (Å²) in [6.45, 7) is 1.46. The van der Waals surface area contributed by atoms with Crippen LogP contribution < -0.4 is 5.32 Å². The van der Waals surface area contributed by atoms with Gasteiger partial charge in [0, 0.05) is 36.1 Å². The number of anilines is 1. The fraction of sp³-hybridized carbons (Fsp3) is 0.276. The van der Waals surface area contributed by atoms with Crippen LogP contribution in [-0.4, -0.2) is 28.2 Å². The molecule has 0 radical (unpaired) electrons. The number of hydrogen-bond acceptors (Lipinski definition) is 3. The lowest BCUT2D eigenvalue weighted by Crippen LogP contribution is -2.18. The third-order valence-electron chi connectivity index (χ3n) is 6.99. The molecule has 0 aliphatic heterocycles. The van der Waals surface area contributed by atoms with Crippen LogP contribution in [0.25, 0.3) is 0 Å². The molecule has 15 heteroatoms. The van der Waals surface area contributed by atoms with Crippen LogP contribution in [0.3, 0.4) is 0 Å². The number of amides is 1. The number of carbonyl (C=O) groups excluding carboxylic acids is 3. The summed E-state index contributed by atoms with van der Waals surface area (Å²) in [4.78, 5) is 37.6. The van der Waals surface area contributed by atoms with Crippen LogP contribution >= 0.6 is 34.8 Å². The van der Waals surface area contributed by atoms with E-state index in [1.54, 1.807) is 0 Å². The maximum absolute atomic E-state index is 14.5. The first-order chi connectivity index (χ1) is 20.3. The van der Waals surface area contributed by atoms with Gasteiger partial charge in [0.15, 0.2) is 5.78 Å². The van der Waals surface area contributed by atoms with E-state index in [4.69, 9.17) is 34.8 Å². The Morgan fingerprint density at radius 3 is 2.11 bits per heavy atom. The molecule has 3 aromatic carbocycles. The molecule has 4 nitrogen and oxygen atoms in total. The number of aryl methyl sites for hydroxylation is 1. The number of carbonyl (C=O) groups is 3. The molecule has 4 rings (SSSR count). The Morgan fingerprint density at radius 2 is 1.52 bits per heavy atom. The Morgan fingerprint density at radius 1 is 0.909 bits per heavy atom. The van der Waals surface area contributed by atoms with Crippen molar-refractivity contribution in [1.82, 2.24) is 0 Å². The molecule has 1 saturated carbocycles. The predicted octanol–water partition coefficient (Wildman–Crippen LogP) is 8.41. The van der Waals surface area contributed by atoms with Crippen LogP contribution in [-0.2, 0) is 28.6 Å². The van der Waals surface area contributed by atoms with Gasteiger partial charge in [-0.2, -0.15) is 13.2 Å². The Bertz CT molecular complexity index is 1680. The summed E-state index contributed by atoms with van der Waals surface area (Å²) in [7, 11) is 0. The predicted molar refractivity (Wildman–Crippen MR) is 146 cm³/mol. The molecular formula is C29H18Cl3F8NO3. The van der Waals surface area contributed by atoms with E-state index in [1.165, 1.54) is 13.0 Å². The molecule has 0 saturated heterocycles. The molecule has 1 aliphatic carbocycles. The van der Waals surface area contributed by atoms with Crippen molar-refractivity contribution in [3.63, 3.8) is 0 Å². The van der Waals surface area contributed by atoms with E-state index in [0.717, 1.165) is 18.2 Å². The fourth-order valence-corrected chi connectivity index (χ4v) is 5.78. The van der Waals surface area contributed by atoms with Crippen molar-refractivity contribution in [3.8, 4) is 0 Å². The van der Waals surface area contributed by atoms with Gasteiger partial charge in [0.05, 0.1) is 16.5 Å². The molecular weight excluding hydrogens is 669 g/mol. The largest absolute Gasteiger partial charge is 0.419 e. The van der Waals surface area contributed by atoms with Gasteiger partial charge in [-0.1, -0.05) is 17.7 Å². The van der Waals surface area contributed by atoms with E-state index in [-0.39, 0.29) is 27.4 Å². The summed E-state index contributed by atoms with van der Waals surface area (Å²) < 4.78 is 105. The second-order valence-electron chi connectivity index (χ2n) is 10.1. The number of hydrogen-bond donors (Lipinski definition) is 1. The summed E-state index contributed by atoms with van der Waals surface area (Å²) in [5, 5.41) is 2.36. The average Bonchev–Trinajstić information content (AvgIpc) is 3.49. The van der Waals surface area contributed by atoms with Crippen molar-refractivity contribution < 1.29 is 49.5 Å². The Labute approximate surface area is 259 Å². The molecule has 0 aromatic heterocycles. The zero-order valence-corrected chi connectivity index (χ0v) is 24.3. The second kappa shape index (κ2) is 12.3. The Balaban J connectivity index is 1.56. The number of halogens is 11. The zero-order valence-electron chi connectivity index (χ0n) is 22.1. The first kappa shape index (κ1) is 33.7. The maximum Gasteiger partial charge on any atom is 0.419 e. The summed E-state index contributed by atoms with van der Waals surface area (Å²) in [5.41, 5.74) is -2.64. The van der Waals surface area contributed by atoms with E-state index in [2.05, 4.69) is 5.32 Å². The molecule has 0 spiro atoms. The van der Waals surface area contributed by atoms with Crippen molar-refractivity contribution in [1.29, 1.82) is 0 Å².